The lowest BCUT2D eigenvalue weighted by Crippen LogP contribution is -2.11. The molecule has 1 aliphatic heterocycles. The fraction of sp³-hybridized carbons (Fsp3) is 0.385. The van der Waals surface area contributed by atoms with Crippen molar-refractivity contribution in [3.05, 3.63) is 40.9 Å². The molecule has 1 aliphatic rings. The maximum Gasteiger partial charge on any atom is 0.201 e. The number of sulfone groups is 1. The van der Waals surface area contributed by atoms with Gasteiger partial charge in [-0.1, -0.05) is 17.7 Å². The van der Waals surface area contributed by atoms with Crippen molar-refractivity contribution in [1.29, 1.82) is 0 Å². The van der Waals surface area contributed by atoms with Crippen LogP contribution in [0.2, 0.25) is 0 Å². The van der Waals surface area contributed by atoms with Crippen molar-refractivity contribution < 1.29 is 8.42 Å². The summed E-state index contributed by atoms with van der Waals surface area (Å²) in [5, 5.41) is 1.41. The molecule has 1 heterocycles. The first-order chi connectivity index (χ1) is 7.99. The number of nitrogens with zero attached hydrogens (tertiary/aromatic N) is 1. The topological polar surface area (TPSA) is 37.4 Å². The van der Waals surface area contributed by atoms with Crippen molar-refractivity contribution in [2.45, 2.75) is 24.7 Å². The lowest BCUT2D eigenvalue weighted by molar-refractivity contribution is 0.481. The second kappa shape index (κ2) is 4.53. The number of rotatable bonds is 2. The van der Waals surface area contributed by atoms with Gasteiger partial charge in [0.15, 0.2) is 0 Å². The molecule has 0 radical (unpaired) electrons. The van der Waals surface area contributed by atoms with Crippen molar-refractivity contribution in [1.82, 2.24) is 4.90 Å². The normalized spacial score (nSPS) is 18.9. The fourth-order valence-corrected chi connectivity index (χ4v) is 3.26. The highest BCUT2D eigenvalue weighted by Crippen LogP contribution is 2.22. The molecule has 1 aromatic carbocycles. The van der Waals surface area contributed by atoms with E-state index in [-0.39, 0.29) is 0 Å². The number of likely N-dealkylation sites (tertiary alicyclic amines) is 1. The van der Waals surface area contributed by atoms with Crippen molar-refractivity contribution in [3.63, 3.8) is 0 Å². The van der Waals surface area contributed by atoms with Crippen molar-refractivity contribution in [3.8, 4) is 0 Å². The first-order valence-electron chi connectivity index (χ1n) is 5.72. The summed E-state index contributed by atoms with van der Waals surface area (Å²) in [5.41, 5.74) is 1.97. The number of hydrogen-bond acceptors (Lipinski definition) is 3. The second-order valence-electron chi connectivity index (χ2n) is 4.49. The number of hydrogen-bond donors (Lipinski definition) is 0. The van der Waals surface area contributed by atoms with Gasteiger partial charge in [0, 0.05) is 19.3 Å². The van der Waals surface area contributed by atoms with Crippen LogP contribution in [0.5, 0.6) is 0 Å². The third-order valence-electron chi connectivity index (χ3n) is 3.06. The number of allylic oxidation sites excluding steroid dienone is 1. The molecule has 4 heteroatoms. The van der Waals surface area contributed by atoms with Crippen LogP contribution in [-0.2, 0) is 9.84 Å². The summed E-state index contributed by atoms with van der Waals surface area (Å²) in [6, 6.07) is 6.97. The van der Waals surface area contributed by atoms with Gasteiger partial charge in [-0.3, -0.25) is 0 Å². The van der Waals surface area contributed by atoms with Gasteiger partial charge in [-0.05, 0) is 31.9 Å². The molecule has 17 heavy (non-hydrogen) atoms. The van der Waals surface area contributed by atoms with Crippen LogP contribution in [0.3, 0.4) is 0 Å². The molecular formula is C13H17NO2S. The van der Waals surface area contributed by atoms with Crippen molar-refractivity contribution >= 4 is 9.84 Å². The van der Waals surface area contributed by atoms with Crippen LogP contribution in [0.15, 0.2) is 40.3 Å². The zero-order valence-electron chi connectivity index (χ0n) is 10.2. The number of aryl methyl sites for hydroxylation is 1. The molecule has 3 nitrogen and oxygen atoms in total. The molecule has 0 spiro atoms. The third kappa shape index (κ3) is 2.69. The van der Waals surface area contributed by atoms with E-state index in [9.17, 15) is 8.42 Å². The van der Waals surface area contributed by atoms with Crippen molar-refractivity contribution in [2.75, 3.05) is 13.6 Å². The SMILES string of the molecule is Cc1ccc(S(=O)(=O)C=C2CCCN2C)cc1. The monoisotopic (exact) mass is 251 g/mol. The lowest BCUT2D eigenvalue weighted by Gasteiger charge is -2.12. The molecule has 0 atom stereocenters. The van der Waals surface area contributed by atoms with Gasteiger partial charge in [-0.15, -0.1) is 0 Å². The van der Waals surface area contributed by atoms with Crippen LogP contribution in [0, 0.1) is 6.92 Å². The van der Waals surface area contributed by atoms with E-state index in [1.165, 1.54) is 5.41 Å². The minimum absolute atomic E-state index is 0.371. The van der Waals surface area contributed by atoms with Crippen LogP contribution in [0.4, 0.5) is 0 Å². The molecule has 2 rings (SSSR count). The van der Waals surface area contributed by atoms with Gasteiger partial charge in [0.1, 0.15) is 0 Å². The van der Waals surface area contributed by atoms with Crippen LogP contribution >= 0.6 is 0 Å². The third-order valence-corrected chi connectivity index (χ3v) is 4.57. The highest BCUT2D eigenvalue weighted by atomic mass is 32.2. The first kappa shape index (κ1) is 12.2. The molecule has 0 unspecified atom stereocenters. The predicted octanol–water partition coefficient (Wildman–Crippen LogP) is 2.34. The molecule has 0 bridgehead atoms. The Bertz CT molecular complexity index is 529. The summed E-state index contributed by atoms with van der Waals surface area (Å²) in [4.78, 5) is 2.38. The maximum absolute atomic E-state index is 12.1. The van der Waals surface area contributed by atoms with Gasteiger partial charge >= 0.3 is 0 Å². The molecular weight excluding hydrogens is 234 g/mol. The Kier molecular flexibility index (Phi) is 3.24. The average molecular weight is 251 g/mol. The Morgan fingerprint density at radius 1 is 1.24 bits per heavy atom. The van der Waals surface area contributed by atoms with E-state index in [2.05, 4.69) is 0 Å². The summed E-state index contributed by atoms with van der Waals surface area (Å²) in [6.07, 6.45) is 1.88. The lowest BCUT2D eigenvalue weighted by atomic mass is 10.2. The summed E-state index contributed by atoms with van der Waals surface area (Å²) in [6.45, 7) is 2.88. The van der Waals surface area contributed by atoms with Gasteiger partial charge in [-0.25, -0.2) is 8.42 Å². The van der Waals surface area contributed by atoms with Crippen LogP contribution in [0.1, 0.15) is 18.4 Å². The van der Waals surface area contributed by atoms with Crippen LogP contribution in [-0.4, -0.2) is 26.9 Å². The average Bonchev–Trinajstić information content (AvgIpc) is 2.64. The maximum atomic E-state index is 12.1. The van der Waals surface area contributed by atoms with Gasteiger partial charge < -0.3 is 4.90 Å². The molecule has 92 valence electrons. The van der Waals surface area contributed by atoms with E-state index in [1.54, 1.807) is 12.1 Å². The predicted molar refractivity (Wildman–Crippen MR) is 68.3 cm³/mol. The van der Waals surface area contributed by atoms with E-state index < -0.39 is 9.84 Å². The first-order valence-corrected chi connectivity index (χ1v) is 7.27. The fourth-order valence-electron chi connectivity index (χ4n) is 1.96. The molecule has 0 aromatic heterocycles. The zero-order valence-corrected chi connectivity index (χ0v) is 11.0. The van der Waals surface area contributed by atoms with Crippen LogP contribution < -0.4 is 0 Å². The summed E-state index contributed by atoms with van der Waals surface area (Å²) in [5.74, 6) is 0. The molecule has 1 fully saturated rings. The van der Waals surface area contributed by atoms with Gasteiger partial charge in [0.25, 0.3) is 0 Å². The van der Waals surface area contributed by atoms with Crippen LogP contribution in [0.25, 0.3) is 0 Å². The van der Waals surface area contributed by atoms with Gasteiger partial charge in [-0.2, -0.15) is 0 Å². The summed E-state index contributed by atoms with van der Waals surface area (Å²) in [7, 11) is -1.36. The highest BCUT2D eigenvalue weighted by molar-refractivity contribution is 7.94. The van der Waals surface area contributed by atoms with Gasteiger partial charge in [0.05, 0.1) is 10.3 Å². The Morgan fingerprint density at radius 2 is 1.88 bits per heavy atom. The van der Waals surface area contributed by atoms with E-state index in [0.29, 0.717) is 4.90 Å². The van der Waals surface area contributed by atoms with Gasteiger partial charge in [0.2, 0.25) is 9.84 Å². The summed E-state index contributed by atoms with van der Waals surface area (Å²) >= 11 is 0. The smallest absolute Gasteiger partial charge is 0.201 e. The van der Waals surface area contributed by atoms with Crippen molar-refractivity contribution in [2.24, 2.45) is 0 Å². The standard InChI is InChI=1S/C13H17NO2S/c1-11-5-7-13(8-6-11)17(15,16)10-12-4-3-9-14(12)2/h5-8,10H,3-4,9H2,1-2H3. The Labute approximate surface area is 103 Å². The zero-order chi connectivity index (χ0) is 12.5. The minimum atomic E-state index is -3.30. The van der Waals surface area contributed by atoms with E-state index in [1.807, 2.05) is 31.0 Å². The summed E-state index contributed by atoms with van der Waals surface area (Å²) < 4.78 is 24.3. The Hall–Kier alpha value is -1.29. The molecule has 0 saturated carbocycles. The van der Waals surface area contributed by atoms with E-state index in [4.69, 9.17) is 0 Å². The molecule has 1 saturated heterocycles. The van der Waals surface area contributed by atoms with E-state index in [0.717, 1.165) is 30.6 Å². The largest absolute Gasteiger partial charge is 0.377 e. The molecule has 0 aliphatic carbocycles. The molecule has 1 aromatic rings. The minimum Gasteiger partial charge on any atom is -0.377 e. The second-order valence-corrected chi connectivity index (χ2v) is 6.29. The molecule has 0 N–H and O–H groups in total. The van der Waals surface area contributed by atoms with E-state index >= 15 is 0 Å². The molecule has 0 amide bonds. The Balaban J connectivity index is 2.34. The Morgan fingerprint density at radius 3 is 2.41 bits per heavy atom. The highest BCUT2D eigenvalue weighted by Gasteiger charge is 2.18. The number of benzene rings is 1. The quantitative estimate of drug-likeness (QED) is 0.809.